The fourth-order valence-corrected chi connectivity index (χ4v) is 3.55. The number of aromatic nitrogens is 5. The maximum Gasteiger partial charge on any atom is 0.273 e. The highest BCUT2D eigenvalue weighted by atomic mass is 16.2. The standard InChI is InChI=1S/C18H21N7O/c1-11(17-14-4-2-3-5-15(14)20-22-17)24-8-12(9-24)19-18(26)16-10-25(23-21-16)13-6-7-13/h2-5,10-13H,6-9H2,1H3,(H,19,26)(H,20,22). The molecule has 1 aliphatic heterocycles. The lowest BCUT2D eigenvalue weighted by molar-refractivity contribution is 0.0666. The van der Waals surface area contributed by atoms with Crippen molar-refractivity contribution in [3.05, 3.63) is 41.9 Å². The van der Waals surface area contributed by atoms with Gasteiger partial charge in [-0.25, -0.2) is 4.68 Å². The van der Waals surface area contributed by atoms with Crippen molar-refractivity contribution < 1.29 is 4.79 Å². The van der Waals surface area contributed by atoms with E-state index in [9.17, 15) is 4.79 Å². The van der Waals surface area contributed by atoms with Gasteiger partial charge in [0.15, 0.2) is 5.69 Å². The summed E-state index contributed by atoms with van der Waals surface area (Å²) in [5.41, 5.74) is 2.51. The summed E-state index contributed by atoms with van der Waals surface area (Å²) in [6, 6.07) is 8.94. The van der Waals surface area contributed by atoms with Crippen LogP contribution in [-0.2, 0) is 0 Å². The lowest BCUT2D eigenvalue weighted by Crippen LogP contribution is -2.59. The summed E-state index contributed by atoms with van der Waals surface area (Å²) in [6.07, 6.45) is 4.01. The molecule has 1 amide bonds. The van der Waals surface area contributed by atoms with Gasteiger partial charge in [-0.05, 0) is 25.8 Å². The molecule has 2 fully saturated rings. The van der Waals surface area contributed by atoms with Crippen LogP contribution >= 0.6 is 0 Å². The van der Waals surface area contributed by atoms with Crippen molar-refractivity contribution in [2.45, 2.75) is 37.9 Å². The fourth-order valence-electron chi connectivity index (χ4n) is 3.55. The molecule has 5 rings (SSSR count). The van der Waals surface area contributed by atoms with Gasteiger partial charge in [0.25, 0.3) is 5.91 Å². The van der Waals surface area contributed by atoms with E-state index in [1.54, 1.807) is 10.9 Å². The summed E-state index contributed by atoms with van der Waals surface area (Å²) in [6.45, 7) is 3.78. The molecule has 134 valence electrons. The molecule has 1 saturated carbocycles. The van der Waals surface area contributed by atoms with Gasteiger partial charge in [-0.3, -0.25) is 14.8 Å². The number of nitrogens with one attached hydrogen (secondary N) is 2. The Morgan fingerprint density at radius 2 is 2.12 bits per heavy atom. The Morgan fingerprint density at radius 1 is 1.31 bits per heavy atom. The first kappa shape index (κ1) is 15.5. The van der Waals surface area contributed by atoms with Crippen molar-refractivity contribution in [1.82, 2.24) is 35.4 Å². The molecule has 8 nitrogen and oxygen atoms in total. The third-order valence-electron chi connectivity index (χ3n) is 5.35. The molecule has 0 bridgehead atoms. The number of carbonyl (C=O) groups is 1. The number of aromatic amines is 1. The topological polar surface area (TPSA) is 91.7 Å². The zero-order valence-electron chi connectivity index (χ0n) is 14.6. The quantitative estimate of drug-likeness (QED) is 0.729. The van der Waals surface area contributed by atoms with Crippen LogP contribution in [0.4, 0.5) is 0 Å². The molecular formula is C18H21N7O. The van der Waals surface area contributed by atoms with Crippen molar-refractivity contribution >= 4 is 16.8 Å². The van der Waals surface area contributed by atoms with Gasteiger partial charge in [0.2, 0.25) is 0 Å². The predicted octanol–water partition coefficient (Wildman–Crippen LogP) is 1.66. The average Bonchev–Trinajstić information content (AvgIpc) is 3.19. The highest BCUT2D eigenvalue weighted by molar-refractivity contribution is 5.92. The Hall–Kier alpha value is -2.74. The molecule has 8 heteroatoms. The van der Waals surface area contributed by atoms with Gasteiger partial charge in [0.05, 0.1) is 35.5 Å². The van der Waals surface area contributed by atoms with Crippen LogP contribution in [0.15, 0.2) is 30.5 Å². The minimum atomic E-state index is -0.139. The van der Waals surface area contributed by atoms with Crippen LogP contribution in [0.5, 0.6) is 0 Å². The van der Waals surface area contributed by atoms with Crippen molar-refractivity contribution in [2.75, 3.05) is 13.1 Å². The van der Waals surface area contributed by atoms with Gasteiger partial charge in [-0.1, -0.05) is 23.4 Å². The van der Waals surface area contributed by atoms with Crippen molar-refractivity contribution in [2.24, 2.45) is 0 Å². The molecule has 2 aromatic heterocycles. The second-order valence-electron chi connectivity index (χ2n) is 7.27. The minimum Gasteiger partial charge on any atom is -0.345 e. The summed E-state index contributed by atoms with van der Waals surface area (Å²) in [7, 11) is 0. The Labute approximate surface area is 150 Å². The number of amides is 1. The fraction of sp³-hybridized carbons (Fsp3) is 0.444. The molecule has 2 aliphatic rings. The van der Waals surface area contributed by atoms with Gasteiger partial charge >= 0.3 is 0 Å². The zero-order chi connectivity index (χ0) is 17.7. The molecule has 1 aliphatic carbocycles. The maximum atomic E-state index is 12.3. The van der Waals surface area contributed by atoms with E-state index >= 15 is 0 Å². The lowest BCUT2D eigenvalue weighted by atomic mass is 10.0. The van der Waals surface area contributed by atoms with Crippen molar-refractivity contribution in [3.8, 4) is 0 Å². The SMILES string of the molecule is CC(c1n[nH]c2ccccc12)N1CC(NC(=O)c2cn(C3CC3)nn2)C1. The molecule has 1 atom stereocenters. The first-order valence-corrected chi connectivity index (χ1v) is 9.09. The highest BCUT2D eigenvalue weighted by Crippen LogP contribution is 2.33. The van der Waals surface area contributed by atoms with E-state index < -0.39 is 0 Å². The second kappa shape index (κ2) is 5.91. The zero-order valence-corrected chi connectivity index (χ0v) is 14.6. The molecular weight excluding hydrogens is 330 g/mol. The number of rotatable bonds is 5. The van der Waals surface area contributed by atoms with E-state index in [1.165, 1.54) is 0 Å². The van der Waals surface area contributed by atoms with E-state index in [0.29, 0.717) is 11.7 Å². The molecule has 0 radical (unpaired) electrons. The number of fused-ring (bicyclic) bond motifs is 1. The van der Waals surface area contributed by atoms with E-state index in [1.807, 2.05) is 18.2 Å². The van der Waals surface area contributed by atoms with E-state index in [-0.39, 0.29) is 18.0 Å². The first-order valence-electron chi connectivity index (χ1n) is 9.09. The van der Waals surface area contributed by atoms with Gasteiger partial charge in [-0.2, -0.15) is 5.10 Å². The van der Waals surface area contributed by atoms with Crippen LogP contribution in [0, 0.1) is 0 Å². The van der Waals surface area contributed by atoms with Crippen LogP contribution in [0.3, 0.4) is 0 Å². The highest BCUT2D eigenvalue weighted by Gasteiger charge is 2.34. The number of hydrogen-bond donors (Lipinski definition) is 2. The molecule has 3 aromatic rings. The molecule has 3 heterocycles. The second-order valence-corrected chi connectivity index (χ2v) is 7.27. The van der Waals surface area contributed by atoms with E-state index in [4.69, 9.17) is 0 Å². The lowest BCUT2D eigenvalue weighted by Gasteiger charge is -2.42. The Morgan fingerprint density at radius 3 is 2.92 bits per heavy atom. The van der Waals surface area contributed by atoms with Gasteiger partial charge in [0, 0.05) is 18.5 Å². The summed E-state index contributed by atoms with van der Waals surface area (Å²) < 4.78 is 1.80. The van der Waals surface area contributed by atoms with Gasteiger partial charge in [-0.15, -0.1) is 5.10 Å². The average molecular weight is 351 g/mol. The van der Waals surface area contributed by atoms with Crippen molar-refractivity contribution in [3.63, 3.8) is 0 Å². The monoisotopic (exact) mass is 351 g/mol. The number of benzene rings is 1. The smallest absolute Gasteiger partial charge is 0.273 e. The Balaban J connectivity index is 1.19. The van der Waals surface area contributed by atoms with Gasteiger partial charge in [0.1, 0.15) is 0 Å². The first-order chi connectivity index (χ1) is 12.7. The minimum absolute atomic E-state index is 0.139. The van der Waals surface area contributed by atoms with E-state index in [2.05, 4.69) is 43.7 Å². The molecule has 2 N–H and O–H groups in total. The van der Waals surface area contributed by atoms with Crippen LogP contribution in [0.25, 0.3) is 10.9 Å². The number of likely N-dealkylation sites (tertiary alicyclic amines) is 1. The number of para-hydroxylation sites is 1. The number of H-pyrrole nitrogens is 1. The third-order valence-corrected chi connectivity index (χ3v) is 5.35. The predicted molar refractivity (Wildman–Crippen MR) is 95.6 cm³/mol. The largest absolute Gasteiger partial charge is 0.345 e. The maximum absolute atomic E-state index is 12.3. The number of nitrogens with zero attached hydrogens (tertiary/aromatic N) is 5. The van der Waals surface area contributed by atoms with Gasteiger partial charge < -0.3 is 5.32 Å². The van der Waals surface area contributed by atoms with E-state index in [0.717, 1.165) is 42.5 Å². The molecule has 1 unspecified atom stereocenters. The van der Waals surface area contributed by atoms with Crippen LogP contribution in [-0.4, -0.2) is 55.1 Å². The number of hydrogen-bond acceptors (Lipinski definition) is 5. The molecule has 1 saturated heterocycles. The normalized spacial score (nSPS) is 19.4. The summed E-state index contributed by atoms with van der Waals surface area (Å²) in [5.74, 6) is -0.139. The van der Waals surface area contributed by atoms with Crippen molar-refractivity contribution in [1.29, 1.82) is 0 Å². The summed E-state index contributed by atoms with van der Waals surface area (Å²) in [4.78, 5) is 14.6. The van der Waals surface area contributed by atoms with Crippen LogP contribution in [0.1, 0.15) is 48.0 Å². The Kier molecular flexibility index (Phi) is 3.53. The van der Waals surface area contributed by atoms with Crippen LogP contribution < -0.4 is 5.32 Å². The molecule has 0 spiro atoms. The summed E-state index contributed by atoms with van der Waals surface area (Å²) >= 11 is 0. The Bertz CT molecular complexity index is 951. The summed E-state index contributed by atoms with van der Waals surface area (Å²) in [5, 5.41) is 19.8. The number of carbonyl (C=O) groups excluding carboxylic acids is 1. The molecule has 1 aromatic carbocycles. The van der Waals surface area contributed by atoms with Crippen LogP contribution in [0.2, 0.25) is 0 Å². The third kappa shape index (κ3) is 2.66. The molecule has 26 heavy (non-hydrogen) atoms.